The Morgan fingerprint density at radius 1 is 1.31 bits per heavy atom. The highest BCUT2D eigenvalue weighted by molar-refractivity contribution is 7.98. The van der Waals surface area contributed by atoms with Crippen LogP contribution >= 0.6 is 11.8 Å². The van der Waals surface area contributed by atoms with Crippen LogP contribution in [0.5, 0.6) is 0 Å². The highest BCUT2D eigenvalue weighted by Gasteiger charge is 2.37. The van der Waals surface area contributed by atoms with Crippen molar-refractivity contribution in [2.75, 3.05) is 29.1 Å². The van der Waals surface area contributed by atoms with Gasteiger partial charge in [-0.1, -0.05) is 29.1 Å². The minimum Gasteiger partial charge on any atom is -0.351 e. The second-order valence-electron chi connectivity index (χ2n) is 6.99. The molecule has 2 aliphatic rings. The Morgan fingerprint density at radius 3 is 3.00 bits per heavy atom. The van der Waals surface area contributed by atoms with Crippen LogP contribution in [-0.2, 0) is 0 Å². The number of nitrogens with one attached hydrogen (secondary N) is 1. The SMILES string of the molecule is CSc1ncc2c(n1)N1CCCC1CN(c1cccc(-c3noc(=O)[nH]3)c1)C2=O. The predicted octanol–water partition coefficient (Wildman–Crippen LogP) is 2.17. The Bertz CT molecular complexity index is 1140. The molecule has 1 unspecified atom stereocenters. The molecule has 0 radical (unpaired) electrons. The summed E-state index contributed by atoms with van der Waals surface area (Å²) in [6.45, 7) is 1.44. The van der Waals surface area contributed by atoms with Gasteiger partial charge in [-0.15, -0.1) is 0 Å². The van der Waals surface area contributed by atoms with Crippen molar-refractivity contribution in [1.82, 2.24) is 20.1 Å². The average molecular weight is 410 g/mol. The summed E-state index contributed by atoms with van der Waals surface area (Å²) in [5, 5.41) is 4.40. The van der Waals surface area contributed by atoms with E-state index in [0.29, 0.717) is 28.7 Å². The summed E-state index contributed by atoms with van der Waals surface area (Å²) < 4.78 is 4.60. The Kier molecular flexibility index (Phi) is 4.35. The van der Waals surface area contributed by atoms with Gasteiger partial charge in [0.15, 0.2) is 11.0 Å². The molecule has 1 atom stereocenters. The van der Waals surface area contributed by atoms with E-state index in [9.17, 15) is 9.59 Å². The van der Waals surface area contributed by atoms with E-state index >= 15 is 0 Å². The van der Waals surface area contributed by atoms with Gasteiger partial charge in [-0.05, 0) is 31.2 Å². The van der Waals surface area contributed by atoms with Crippen LogP contribution in [0, 0.1) is 0 Å². The fourth-order valence-electron chi connectivity index (χ4n) is 3.97. The van der Waals surface area contributed by atoms with E-state index in [4.69, 9.17) is 0 Å². The summed E-state index contributed by atoms with van der Waals surface area (Å²) in [5.41, 5.74) is 1.90. The molecule has 0 bridgehead atoms. The third kappa shape index (κ3) is 3.09. The molecular formula is C19H18N6O3S. The summed E-state index contributed by atoms with van der Waals surface area (Å²) in [4.78, 5) is 40.2. The van der Waals surface area contributed by atoms with E-state index < -0.39 is 5.76 Å². The quantitative estimate of drug-likeness (QED) is 0.517. The number of nitrogens with zero attached hydrogens (tertiary/aromatic N) is 5. The molecule has 4 heterocycles. The van der Waals surface area contributed by atoms with Crippen molar-refractivity contribution in [3.05, 3.63) is 46.6 Å². The summed E-state index contributed by atoms with van der Waals surface area (Å²) in [5.74, 6) is 0.299. The smallest absolute Gasteiger partial charge is 0.351 e. The average Bonchev–Trinajstić information content (AvgIpc) is 3.37. The number of fused-ring (bicyclic) bond motifs is 3. The van der Waals surface area contributed by atoms with Gasteiger partial charge in [0.2, 0.25) is 0 Å². The van der Waals surface area contributed by atoms with Crippen LogP contribution in [0.4, 0.5) is 11.5 Å². The monoisotopic (exact) mass is 410 g/mol. The lowest BCUT2D eigenvalue weighted by Gasteiger charge is -2.27. The number of thioether (sulfide) groups is 1. The van der Waals surface area contributed by atoms with Gasteiger partial charge in [-0.3, -0.25) is 14.3 Å². The molecule has 1 fully saturated rings. The third-order valence-electron chi connectivity index (χ3n) is 5.32. The number of carbonyl (C=O) groups is 1. The number of anilines is 2. The maximum absolute atomic E-state index is 13.4. The zero-order chi connectivity index (χ0) is 20.0. The lowest BCUT2D eigenvalue weighted by molar-refractivity contribution is 0.0988. The molecule has 5 rings (SSSR count). The largest absolute Gasteiger partial charge is 0.439 e. The number of hydrogen-bond acceptors (Lipinski definition) is 8. The number of aromatic amines is 1. The van der Waals surface area contributed by atoms with Gasteiger partial charge in [0, 0.05) is 36.6 Å². The van der Waals surface area contributed by atoms with Gasteiger partial charge in [0.1, 0.15) is 11.4 Å². The highest BCUT2D eigenvalue weighted by atomic mass is 32.2. The molecule has 1 amide bonds. The van der Waals surface area contributed by atoms with Crippen LogP contribution in [0.1, 0.15) is 23.2 Å². The van der Waals surface area contributed by atoms with Crippen molar-refractivity contribution in [2.45, 2.75) is 24.0 Å². The Labute approximate surface area is 170 Å². The number of aromatic nitrogens is 4. The number of carbonyl (C=O) groups excluding carboxylic acids is 1. The van der Waals surface area contributed by atoms with Crippen molar-refractivity contribution in [2.24, 2.45) is 0 Å². The first-order valence-corrected chi connectivity index (χ1v) is 10.5. The first kappa shape index (κ1) is 17.9. The third-order valence-corrected chi connectivity index (χ3v) is 5.88. The lowest BCUT2D eigenvalue weighted by Crippen LogP contribution is -2.39. The molecule has 2 aliphatic heterocycles. The predicted molar refractivity (Wildman–Crippen MR) is 108 cm³/mol. The number of hydrogen-bond donors (Lipinski definition) is 1. The fraction of sp³-hybridized carbons (Fsp3) is 0.316. The molecule has 2 aromatic heterocycles. The van der Waals surface area contributed by atoms with E-state index in [0.717, 1.165) is 30.9 Å². The first-order valence-electron chi connectivity index (χ1n) is 9.30. The van der Waals surface area contributed by atoms with Crippen LogP contribution in [-0.4, -0.2) is 51.4 Å². The van der Waals surface area contributed by atoms with Crippen molar-refractivity contribution >= 4 is 29.2 Å². The van der Waals surface area contributed by atoms with E-state index in [2.05, 4.69) is 29.5 Å². The summed E-state index contributed by atoms with van der Waals surface area (Å²) in [7, 11) is 0. The number of benzene rings is 1. The van der Waals surface area contributed by atoms with Crippen LogP contribution < -0.4 is 15.6 Å². The van der Waals surface area contributed by atoms with Crippen LogP contribution in [0.25, 0.3) is 11.4 Å². The molecule has 148 valence electrons. The molecule has 0 spiro atoms. The van der Waals surface area contributed by atoms with Gasteiger partial charge in [-0.2, -0.15) is 0 Å². The summed E-state index contributed by atoms with van der Waals surface area (Å²) in [6.07, 6.45) is 5.61. The Hall–Kier alpha value is -3.14. The summed E-state index contributed by atoms with van der Waals surface area (Å²) >= 11 is 1.46. The number of rotatable bonds is 3. The van der Waals surface area contributed by atoms with Gasteiger partial charge in [0.05, 0.1) is 0 Å². The maximum Gasteiger partial charge on any atom is 0.439 e. The minimum atomic E-state index is -0.617. The summed E-state index contributed by atoms with van der Waals surface area (Å²) in [6, 6.07) is 7.54. The van der Waals surface area contributed by atoms with E-state index in [-0.39, 0.29) is 11.9 Å². The minimum absolute atomic E-state index is 0.132. The van der Waals surface area contributed by atoms with E-state index in [1.807, 2.05) is 30.5 Å². The fourth-order valence-corrected chi connectivity index (χ4v) is 4.30. The lowest BCUT2D eigenvalue weighted by atomic mass is 10.1. The normalized spacial score (nSPS) is 18.5. The van der Waals surface area contributed by atoms with Crippen LogP contribution in [0.15, 0.2) is 44.9 Å². The molecule has 10 heteroatoms. The molecular weight excluding hydrogens is 392 g/mol. The number of amides is 1. The van der Waals surface area contributed by atoms with Crippen LogP contribution in [0.2, 0.25) is 0 Å². The molecule has 1 aromatic carbocycles. The van der Waals surface area contributed by atoms with Crippen molar-refractivity contribution in [3.63, 3.8) is 0 Å². The van der Waals surface area contributed by atoms with Gasteiger partial charge < -0.3 is 9.80 Å². The second kappa shape index (κ2) is 7.03. The van der Waals surface area contributed by atoms with Crippen molar-refractivity contribution in [1.29, 1.82) is 0 Å². The highest BCUT2D eigenvalue weighted by Crippen LogP contribution is 2.35. The van der Waals surface area contributed by atoms with E-state index in [1.165, 1.54) is 11.8 Å². The van der Waals surface area contributed by atoms with Gasteiger partial charge in [0.25, 0.3) is 5.91 Å². The second-order valence-corrected chi connectivity index (χ2v) is 7.77. The van der Waals surface area contributed by atoms with Crippen LogP contribution in [0.3, 0.4) is 0 Å². The molecule has 9 nitrogen and oxygen atoms in total. The zero-order valence-corrected chi connectivity index (χ0v) is 16.5. The molecule has 29 heavy (non-hydrogen) atoms. The maximum atomic E-state index is 13.4. The standard InChI is InChI=1S/C19H18N6O3S/c1-29-18-20-9-14-16(22-18)24-7-3-6-13(24)10-25(17(14)26)12-5-2-4-11(8-12)15-21-19(27)28-23-15/h2,4-5,8-9,13H,3,6-7,10H2,1H3,(H,21,23,27). The van der Waals surface area contributed by atoms with Crippen molar-refractivity contribution < 1.29 is 9.32 Å². The molecule has 1 N–H and O–H groups in total. The molecule has 0 aliphatic carbocycles. The number of H-pyrrole nitrogens is 1. The van der Waals surface area contributed by atoms with E-state index in [1.54, 1.807) is 11.1 Å². The molecule has 1 saturated heterocycles. The Morgan fingerprint density at radius 2 is 2.21 bits per heavy atom. The molecule has 0 saturated carbocycles. The Balaban J connectivity index is 1.59. The van der Waals surface area contributed by atoms with Crippen molar-refractivity contribution in [3.8, 4) is 11.4 Å². The first-order chi connectivity index (χ1) is 14.1. The van der Waals surface area contributed by atoms with Gasteiger partial charge >= 0.3 is 5.76 Å². The zero-order valence-electron chi connectivity index (χ0n) is 15.7. The molecule has 3 aromatic rings. The van der Waals surface area contributed by atoms with Gasteiger partial charge in [-0.25, -0.2) is 14.8 Å². The topological polar surface area (TPSA) is 108 Å².